The summed E-state index contributed by atoms with van der Waals surface area (Å²) in [5.41, 5.74) is 1.15. The van der Waals surface area contributed by atoms with Crippen molar-refractivity contribution >= 4 is 17.4 Å². The molecule has 3 rings (SSSR count). The van der Waals surface area contributed by atoms with Crippen molar-refractivity contribution in [2.45, 2.75) is 42.4 Å². The molecule has 4 heteroatoms. The van der Waals surface area contributed by atoms with E-state index in [0.29, 0.717) is 0 Å². The Bertz CT molecular complexity index is 487. The van der Waals surface area contributed by atoms with Crippen molar-refractivity contribution < 1.29 is 0 Å². The number of hydrogen-bond acceptors (Lipinski definition) is 3. The van der Waals surface area contributed by atoms with E-state index in [9.17, 15) is 0 Å². The Balaban J connectivity index is 1.53. The lowest BCUT2D eigenvalue weighted by Crippen LogP contribution is -2.00. The van der Waals surface area contributed by atoms with Crippen molar-refractivity contribution in [2.24, 2.45) is 0 Å². The molecule has 2 N–H and O–H groups in total. The Kier molecular flexibility index (Phi) is 4.08. The molecule has 0 atom stereocenters. The number of rotatable bonds is 5. The van der Waals surface area contributed by atoms with Crippen molar-refractivity contribution in [3.05, 3.63) is 42.5 Å². The average molecular weight is 273 g/mol. The fraction of sp³-hybridized carbons (Fsp3) is 0.400. The summed E-state index contributed by atoms with van der Waals surface area (Å²) in [6.07, 6.45) is 9.18. The van der Waals surface area contributed by atoms with Crippen LogP contribution in [0.2, 0.25) is 0 Å². The minimum Gasteiger partial charge on any atom is -0.378 e. The topological polar surface area (TPSA) is 40.7 Å². The number of aromatic nitrogens is 2. The third-order valence-corrected chi connectivity index (χ3v) is 4.82. The van der Waals surface area contributed by atoms with Crippen LogP contribution in [-0.4, -0.2) is 15.2 Å². The standard InChI is InChI=1S/C15H19N3S/c1-2-4-13(3-1)19-14-7-5-12(6-8-14)18-11-15-16-9-10-17-15/h5-10,13,18H,1-4,11H2,(H,16,17). The molecule has 2 aromatic rings. The fourth-order valence-electron chi connectivity index (χ4n) is 2.43. The Hall–Kier alpha value is -1.42. The summed E-state index contributed by atoms with van der Waals surface area (Å²) < 4.78 is 0. The number of H-pyrrole nitrogens is 1. The summed E-state index contributed by atoms with van der Waals surface area (Å²) in [4.78, 5) is 8.67. The molecule has 1 aromatic heterocycles. The van der Waals surface area contributed by atoms with Gasteiger partial charge in [-0.1, -0.05) is 12.8 Å². The normalized spacial score (nSPS) is 15.8. The van der Waals surface area contributed by atoms with E-state index in [0.717, 1.165) is 23.3 Å². The molecule has 1 fully saturated rings. The van der Waals surface area contributed by atoms with E-state index < -0.39 is 0 Å². The molecule has 1 aliphatic carbocycles. The highest BCUT2D eigenvalue weighted by Crippen LogP contribution is 2.34. The van der Waals surface area contributed by atoms with Crippen molar-refractivity contribution in [3.63, 3.8) is 0 Å². The minimum atomic E-state index is 0.738. The Labute approximate surface area is 118 Å². The summed E-state index contributed by atoms with van der Waals surface area (Å²) in [7, 11) is 0. The van der Waals surface area contributed by atoms with Crippen LogP contribution < -0.4 is 5.32 Å². The van der Waals surface area contributed by atoms with Crippen LogP contribution in [0.1, 0.15) is 31.5 Å². The van der Waals surface area contributed by atoms with Crippen molar-refractivity contribution in [2.75, 3.05) is 5.32 Å². The molecular weight excluding hydrogens is 254 g/mol. The smallest absolute Gasteiger partial charge is 0.125 e. The summed E-state index contributed by atoms with van der Waals surface area (Å²) in [5.74, 6) is 0.962. The van der Waals surface area contributed by atoms with Crippen LogP contribution in [0.4, 0.5) is 5.69 Å². The minimum absolute atomic E-state index is 0.738. The molecule has 19 heavy (non-hydrogen) atoms. The third kappa shape index (κ3) is 3.53. The van der Waals surface area contributed by atoms with Gasteiger partial charge in [0, 0.05) is 28.2 Å². The quantitative estimate of drug-likeness (QED) is 0.863. The van der Waals surface area contributed by atoms with E-state index in [4.69, 9.17) is 0 Å². The first-order valence-corrected chi connectivity index (χ1v) is 7.77. The van der Waals surface area contributed by atoms with E-state index in [1.165, 1.54) is 30.6 Å². The van der Waals surface area contributed by atoms with Gasteiger partial charge in [0.1, 0.15) is 5.82 Å². The van der Waals surface area contributed by atoms with Gasteiger partial charge in [-0.2, -0.15) is 0 Å². The van der Waals surface area contributed by atoms with Gasteiger partial charge in [0.15, 0.2) is 0 Å². The predicted molar refractivity (Wildman–Crippen MR) is 80.5 cm³/mol. The Morgan fingerprint density at radius 3 is 2.68 bits per heavy atom. The maximum absolute atomic E-state index is 4.20. The number of imidazole rings is 1. The molecule has 100 valence electrons. The monoisotopic (exact) mass is 273 g/mol. The van der Waals surface area contributed by atoms with Gasteiger partial charge in [0.05, 0.1) is 6.54 Å². The molecule has 0 aliphatic heterocycles. The molecule has 0 amide bonds. The molecule has 1 aromatic carbocycles. The molecule has 0 saturated heterocycles. The second-order valence-electron chi connectivity index (χ2n) is 4.94. The number of thioether (sulfide) groups is 1. The van der Waals surface area contributed by atoms with E-state index >= 15 is 0 Å². The zero-order valence-electron chi connectivity index (χ0n) is 10.9. The number of hydrogen-bond donors (Lipinski definition) is 2. The Morgan fingerprint density at radius 2 is 2.00 bits per heavy atom. The maximum Gasteiger partial charge on any atom is 0.125 e. The van der Waals surface area contributed by atoms with E-state index in [-0.39, 0.29) is 0 Å². The lowest BCUT2D eigenvalue weighted by Gasteiger charge is -2.10. The van der Waals surface area contributed by atoms with Crippen LogP contribution in [0, 0.1) is 0 Å². The van der Waals surface area contributed by atoms with Gasteiger partial charge < -0.3 is 10.3 Å². The molecule has 1 aliphatic rings. The molecular formula is C15H19N3S. The first-order valence-electron chi connectivity index (χ1n) is 6.89. The second kappa shape index (κ2) is 6.15. The number of benzene rings is 1. The zero-order valence-corrected chi connectivity index (χ0v) is 11.7. The number of nitrogens with one attached hydrogen (secondary N) is 2. The lowest BCUT2D eigenvalue weighted by molar-refractivity contribution is 0.886. The molecule has 0 unspecified atom stereocenters. The number of anilines is 1. The Morgan fingerprint density at radius 1 is 1.21 bits per heavy atom. The van der Waals surface area contributed by atoms with Crippen LogP contribution in [0.3, 0.4) is 0 Å². The highest BCUT2D eigenvalue weighted by molar-refractivity contribution is 8.00. The van der Waals surface area contributed by atoms with E-state index in [1.807, 2.05) is 18.0 Å². The summed E-state index contributed by atoms with van der Waals surface area (Å²) >= 11 is 2.03. The maximum atomic E-state index is 4.20. The van der Waals surface area contributed by atoms with E-state index in [2.05, 4.69) is 39.6 Å². The first-order chi connectivity index (χ1) is 9.40. The van der Waals surface area contributed by atoms with Crippen LogP contribution in [0.5, 0.6) is 0 Å². The summed E-state index contributed by atoms with van der Waals surface area (Å²) in [6, 6.07) is 8.74. The molecule has 3 nitrogen and oxygen atoms in total. The molecule has 1 saturated carbocycles. The zero-order chi connectivity index (χ0) is 12.9. The molecule has 1 heterocycles. The van der Waals surface area contributed by atoms with Crippen LogP contribution in [0.15, 0.2) is 41.6 Å². The predicted octanol–water partition coefficient (Wildman–Crippen LogP) is 4.06. The first kappa shape index (κ1) is 12.6. The van der Waals surface area contributed by atoms with Crippen LogP contribution in [0.25, 0.3) is 0 Å². The highest BCUT2D eigenvalue weighted by Gasteiger charge is 2.15. The van der Waals surface area contributed by atoms with Gasteiger partial charge in [-0.15, -0.1) is 11.8 Å². The largest absolute Gasteiger partial charge is 0.378 e. The number of nitrogens with zero attached hydrogens (tertiary/aromatic N) is 1. The van der Waals surface area contributed by atoms with Gasteiger partial charge in [0.25, 0.3) is 0 Å². The van der Waals surface area contributed by atoms with Crippen molar-refractivity contribution in [1.82, 2.24) is 9.97 Å². The van der Waals surface area contributed by atoms with Gasteiger partial charge >= 0.3 is 0 Å². The van der Waals surface area contributed by atoms with Gasteiger partial charge in [-0.3, -0.25) is 0 Å². The van der Waals surface area contributed by atoms with Gasteiger partial charge in [-0.05, 0) is 37.1 Å². The van der Waals surface area contributed by atoms with Gasteiger partial charge in [-0.25, -0.2) is 4.98 Å². The SMILES string of the molecule is c1c[nH]c(CNc2ccc(SC3CCCC3)cc2)n1. The highest BCUT2D eigenvalue weighted by atomic mass is 32.2. The van der Waals surface area contributed by atoms with Crippen LogP contribution in [-0.2, 0) is 6.54 Å². The van der Waals surface area contributed by atoms with Crippen molar-refractivity contribution in [3.8, 4) is 0 Å². The fourth-order valence-corrected chi connectivity index (χ4v) is 3.68. The molecule has 0 bridgehead atoms. The lowest BCUT2D eigenvalue weighted by atomic mass is 10.3. The second-order valence-corrected chi connectivity index (χ2v) is 6.31. The van der Waals surface area contributed by atoms with Crippen LogP contribution >= 0.6 is 11.8 Å². The molecule has 0 spiro atoms. The van der Waals surface area contributed by atoms with Gasteiger partial charge in [0.2, 0.25) is 0 Å². The average Bonchev–Trinajstić information content (AvgIpc) is 3.11. The summed E-state index contributed by atoms with van der Waals surface area (Å²) in [6.45, 7) is 0.738. The van der Waals surface area contributed by atoms with Crippen molar-refractivity contribution in [1.29, 1.82) is 0 Å². The molecule has 0 radical (unpaired) electrons. The summed E-state index contributed by atoms with van der Waals surface area (Å²) in [5, 5.41) is 4.20. The van der Waals surface area contributed by atoms with E-state index in [1.54, 1.807) is 6.20 Å². The third-order valence-electron chi connectivity index (χ3n) is 3.47. The number of aromatic amines is 1.